The number of nitrogens with zero attached hydrogens (tertiary/aromatic N) is 1. The minimum absolute atomic E-state index is 0.296. The summed E-state index contributed by atoms with van der Waals surface area (Å²) < 4.78 is 12.9. The van der Waals surface area contributed by atoms with Gasteiger partial charge in [0, 0.05) is 29.5 Å². The molecule has 2 aromatic carbocycles. The molecule has 0 aliphatic carbocycles. The molecule has 150 valence electrons. The fourth-order valence-corrected chi connectivity index (χ4v) is 3.50. The summed E-state index contributed by atoms with van der Waals surface area (Å²) in [7, 11) is 0. The SMILES string of the molecule is C/C(=C/NC(C)C)c1ccc([S+]([O-])c2ccc(/C(C)=N\NC(C)C)cc2)cc1. The van der Waals surface area contributed by atoms with Crippen LogP contribution in [0.1, 0.15) is 52.7 Å². The maximum absolute atomic E-state index is 12.9. The number of hydrogen-bond acceptors (Lipinski definition) is 4. The van der Waals surface area contributed by atoms with Crippen molar-refractivity contribution in [2.45, 2.75) is 63.4 Å². The first kappa shape index (κ1) is 22.1. The highest BCUT2D eigenvalue weighted by molar-refractivity contribution is 7.91. The minimum Gasteiger partial charge on any atom is -0.606 e. The van der Waals surface area contributed by atoms with Gasteiger partial charge in [-0.1, -0.05) is 0 Å². The van der Waals surface area contributed by atoms with Crippen molar-refractivity contribution in [3.05, 3.63) is 65.9 Å². The molecule has 0 radical (unpaired) electrons. The first-order chi connectivity index (χ1) is 13.3. The van der Waals surface area contributed by atoms with Crippen LogP contribution < -0.4 is 10.7 Å². The second-order valence-corrected chi connectivity index (χ2v) is 8.93. The van der Waals surface area contributed by atoms with E-state index in [2.05, 4.69) is 36.6 Å². The highest BCUT2D eigenvalue weighted by Crippen LogP contribution is 2.23. The molecule has 0 aromatic heterocycles. The Bertz CT molecular complexity index is 739. The van der Waals surface area contributed by atoms with E-state index in [1.807, 2.05) is 75.5 Å². The van der Waals surface area contributed by atoms with Gasteiger partial charge in [-0.15, -0.1) is 0 Å². The van der Waals surface area contributed by atoms with E-state index < -0.39 is 11.2 Å². The second-order valence-electron chi connectivity index (χ2n) is 7.45. The average molecular weight is 398 g/mol. The number of rotatable bonds is 8. The van der Waals surface area contributed by atoms with E-state index in [-0.39, 0.29) is 0 Å². The van der Waals surface area contributed by atoms with Crippen molar-refractivity contribution < 1.29 is 4.55 Å². The standard InChI is InChI=1S/C23H31N3OS/c1-16(2)24-15-18(5)20-7-11-22(12-8-20)28(27)23-13-9-21(10-14-23)19(6)26-25-17(3)4/h7-17,24-25H,1-6H3/b18-15-,26-19-. The zero-order valence-corrected chi connectivity index (χ0v) is 18.4. The van der Waals surface area contributed by atoms with E-state index in [0.29, 0.717) is 12.1 Å². The zero-order valence-electron chi connectivity index (χ0n) is 17.6. The molecule has 2 N–H and O–H groups in total. The third kappa shape index (κ3) is 6.43. The number of allylic oxidation sites excluding steroid dienone is 1. The largest absolute Gasteiger partial charge is 0.606 e. The maximum atomic E-state index is 12.9. The molecule has 0 fully saturated rings. The highest BCUT2D eigenvalue weighted by atomic mass is 32.2. The summed E-state index contributed by atoms with van der Waals surface area (Å²) in [5, 5.41) is 7.66. The molecule has 0 aliphatic heterocycles. The van der Waals surface area contributed by atoms with Crippen molar-refractivity contribution in [1.29, 1.82) is 0 Å². The number of hydrazone groups is 1. The predicted octanol–water partition coefficient (Wildman–Crippen LogP) is 4.93. The molecule has 28 heavy (non-hydrogen) atoms. The van der Waals surface area contributed by atoms with Crippen molar-refractivity contribution in [1.82, 2.24) is 10.7 Å². The van der Waals surface area contributed by atoms with Gasteiger partial charge in [0.2, 0.25) is 0 Å². The number of hydrogen-bond donors (Lipinski definition) is 2. The van der Waals surface area contributed by atoms with Gasteiger partial charge in [0.1, 0.15) is 0 Å². The quantitative estimate of drug-likeness (QED) is 0.377. The third-order valence-electron chi connectivity index (χ3n) is 4.13. The topological polar surface area (TPSA) is 59.5 Å². The Kier molecular flexibility index (Phi) is 8.15. The zero-order chi connectivity index (χ0) is 20.7. The minimum atomic E-state index is -1.20. The number of nitrogens with one attached hydrogen (secondary N) is 2. The van der Waals surface area contributed by atoms with Gasteiger partial charge in [0.05, 0.1) is 5.71 Å². The average Bonchev–Trinajstić information content (AvgIpc) is 2.69. The molecule has 5 heteroatoms. The van der Waals surface area contributed by atoms with Crippen LogP contribution in [0.2, 0.25) is 0 Å². The summed E-state index contributed by atoms with van der Waals surface area (Å²) in [4.78, 5) is 1.59. The van der Waals surface area contributed by atoms with Crippen LogP contribution in [0, 0.1) is 0 Å². The normalized spacial score (nSPS) is 13.8. The molecule has 0 saturated heterocycles. The smallest absolute Gasteiger partial charge is 0.158 e. The van der Waals surface area contributed by atoms with Crippen LogP contribution in [-0.4, -0.2) is 22.3 Å². The molecule has 2 rings (SSSR count). The van der Waals surface area contributed by atoms with Gasteiger partial charge in [-0.25, -0.2) is 0 Å². The first-order valence-corrected chi connectivity index (χ1v) is 10.8. The fourth-order valence-electron chi connectivity index (χ4n) is 2.46. The molecule has 2 aromatic rings. The van der Waals surface area contributed by atoms with Crippen molar-refractivity contribution in [3.8, 4) is 0 Å². The lowest BCUT2D eigenvalue weighted by atomic mass is 10.1. The van der Waals surface area contributed by atoms with Gasteiger partial charge >= 0.3 is 0 Å². The lowest BCUT2D eigenvalue weighted by Gasteiger charge is -2.12. The van der Waals surface area contributed by atoms with E-state index in [1.54, 1.807) is 0 Å². The maximum Gasteiger partial charge on any atom is 0.158 e. The molecule has 4 nitrogen and oxygen atoms in total. The lowest BCUT2D eigenvalue weighted by molar-refractivity contribution is 0.595. The second kappa shape index (κ2) is 10.3. The first-order valence-electron chi connectivity index (χ1n) is 9.63. The monoisotopic (exact) mass is 397 g/mol. The Morgan fingerprint density at radius 3 is 1.82 bits per heavy atom. The Balaban J connectivity index is 2.10. The molecule has 0 saturated carbocycles. The van der Waals surface area contributed by atoms with E-state index in [9.17, 15) is 4.55 Å². The van der Waals surface area contributed by atoms with E-state index in [4.69, 9.17) is 0 Å². The molecular weight excluding hydrogens is 366 g/mol. The molecule has 0 spiro atoms. The van der Waals surface area contributed by atoms with Crippen LogP contribution in [-0.2, 0) is 11.2 Å². The molecule has 0 amide bonds. The molecule has 1 unspecified atom stereocenters. The summed E-state index contributed by atoms with van der Waals surface area (Å²) in [6.45, 7) is 12.3. The summed E-state index contributed by atoms with van der Waals surface area (Å²) in [5.74, 6) is 0. The van der Waals surface area contributed by atoms with Crippen LogP contribution in [0.3, 0.4) is 0 Å². The van der Waals surface area contributed by atoms with Crippen LogP contribution in [0.25, 0.3) is 5.57 Å². The van der Waals surface area contributed by atoms with Crippen molar-refractivity contribution >= 4 is 22.5 Å². The molecular formula is C23H31N3OS. The lowest BCUT2D eigenvalue weighted by Crippen LogP contribution is -2.18. The van der Waals surface area contributed by atoms with Crippen molar-refractivity contribution in [2.24, 2.45) is 5.10 Å². The van der Waals surface area contributed by atoms with E-state index in [1.165, 1.54) is 0 Å². The molecule has 1 atom stereocenters. The molecule has 0 aliphatic rings. The summed E-state index contributed by atoms with van der Waals surface area (Å²) in [6, 6.07) is 16.4. The van der Waals surface area contributed by atoms with Gasteiger partial charge < -0.3 is 15.3 Å². The van der Waals surface area contributed by atoms with Crippen LogP contribution in [0.5, 0.6) is 0 Å². The highest BCUT2D eigenvalue weighted by Gasteiger charge is 2.15. The Labute approximate surface area is 172 Å². The molecule has 0 heterocycles. The predicted molar refractivity (Wildman–Crippen MR) is 120 cm³/mol. The van der Waals surface area contributed by atoms with Gasteiger partial charge in [0.25, 0.3) is 0 Å². The molecule has 0 bridgehead atoms. The van der Waals surface area contributed by atoms with Crippen LogP contribution >= 0.6 is 0 Å². The number of benzene rings is 2. The van der Waals surface area contributed by atoms with Crippen LogP contribution in [0.4, 0.5) is 0 Å². The van der Waals surface area contributed by atoms with Gasteiger partial charge in [-0.2, -0.15) is 5.10 Å². The van der Waals surface area contributed by atoms with Crippen molar-refractivity contribution in [2.75, 3.05) is 0 Å². The van der Waals surface area contributed by atoms with Crippen molar-refractivity contribution in [3.63, 3.8) is 0 Å². The Hall–Kier alpha value is -2.24. The third-order valence-corrected chi connectivity index (χ3v) is 5.53. The van der Waals surface area contributed by atoms with Gasteiger partial charge in [-0.3, -0.25) is 0 Å². The summed E-state index contributed by atoms with van der Waals surface area (Å²) in [6.07, 6.45) is 2.02. The summed E-state index contributed by atoms with van der Waals surface area (Å²) >= 11 is -1.20. The summed E-state index contributed by atoms with van der Waals surface area (Å²) in [5.41, 5.74) is 7.25. The van der Waals surface area contributed by atoms with Gasteiger partial charge in [0.15, 0.2) is 9.79 Å². The Morgan fingerprint density at radius 2 is 1.36 bits per heavy atom. The van der Waals surface area contributed by atoms with Crippen LogP contribution in [0.15, 0.2) is 69.6 Å². The Morgan fingerprint density at radius 1 is 0.857 bits per heavy atom. The van der Waals surface area contributed by atoms with Gasteiger partial charge in [-0.05, 0) is 107 Å². The fraction of sp³-hybridized carbons (Fsp3) is 0.348. The van der Waals surface area contributed by atoms with E-state index in [0.717, 1.165) is 32.2 Å². The van der Waals surface area contributed by atoms with E-state index >= 15 is 0 Å².